The minimum atomic E-state index is -0.902. The molecule has 0 unspecified atom stereocenters. The molecule has 7 nitrogen and oxygen atoms in total. The second-order valence-corrected chi connectivity index (χ2v) is 4.52. The quantitative estimate of drug-likeness (QED) is 0.774. The van der Waals surface area contributed by atoms with Crippen LogP contribution in [0.5, 0.6) is 0 Å². The summed E-state index contributed by atoms with van der Waals surface area (Å²) in [6.45, 7) is 0.252. The molecule has 0 atom stereocenters. The third-order valence-corrected chi connectivity index (χ3v) is 2.85. The van der Waals surface area contributed by atoms with E-state index in [4.69, 9.17) is 5.11 Å². The number of anilines is 1. The van der Waals surface area contributed by atoms with Crippen molar-refractivity contribution in [3.8, 4) is 0 Å². The topological polar surface area (TPSA) is 96.2 Å². The zero-order valence-electron chi connectivity index (χ0n) is 11.5. The van der Waals surface area contributed by atoms with E-state index in [-0.39, 0.29) is 19.0 Å². The fourth-order valence-corrected chi connectivity index (χ4v) is 1.88. The van der Waals surface area contributed by atoms with Gasteiger partial charge in [0.15, 0.2) is 5.82 Å². The molecule has 21 heavy (non-hydrogen) atoms. The van der Waals surface area contributed by atoms with Gasteiger partial charge in [0, 0.05) is 25.9 Å². The molecule has 3 N–H and O–H groups in total. The number of nitrogens with one attached hydrogen (secondary N) is 2. The minimum absolute atomic E-state index is 0.0697. The number of aliphatic carboxylic acids is 1. The first-order valence-electron chi connectivity index (χ1n) is 6.37. The largest absolute Gasteiger partial charge is 0.481 e. The number of urea groups is 1. The number of carbonyl (C=O) groups excluding carboxylic acids is 1. The average molecular weight is 288 g/mol. The van der Waals surface area contributed by atoms with Crippen molar-refractivity contribution in [1.29, 1.82) is 0 Å². The molecular formula is C14H16N4O3. The van der Waals surface area contributed by atoms with Crippen LogP contribution in [0.4, 0.5) is 10.6 Å². The maximum Gasteiger partial charge on any atom is 0.320 e. The molecule has 110 valence electrons. The highest BCUT2D eigenvalue weighted by atomic mass is 16.4. The van der Waals surface area contributed by atoms with Gasteiger partial charge in [0.2, 0.25) is 0 Å². The summed E-state index contributed by atoms with van der Waals surface area (Å²) in [6.07, 6.45) is 1.65. The Kier molecular flexibility index (Phi) is 4.55. The van der Waals surface area contributed by atoms with Gasteiger partial charge in [0.25, 0.3) is 0 Å². The summed E-state index contributed by atoms with van der Waals surface area (Å²) >= 11 is 0. The lowest BCUT2D eigenvalue weighted by Crippen LogP contribution is -2.28. The van der Waals surface area contributed by atoms with Crippen LogP contribution in [0.25, 0.3) is 0 Å². The lowest BCUT2D eigenvalue weighted by molar-refractivity contribution is -0.136. The highest BCUT2D eigenvalue weighted by molar-refractivity contribution is 5.88. The summed E-state index contributed by atoms with van der Waals surface area (Å²) in [6, 6.07) is 8.40. The van der Waals surface area contributed by atoms with Crippen molar-refractivity contribution in [3.63, 3.8) is 0 Å². The normalized spacial score (nSPS) is 10.1. The number of hydrogen-bond donors (Lipinski definition) is 3. The van der Waals surface area contributed by atoms with Crippen molar-refractivity contribution in [2.75, 3.05) is 5.32 Å². The standard InChI is InChI=1S/C14H16N4O3/c1-18-7-6-12(17-18)16-14(21)15-9-11-5-3-2-4-10(11)8-13(19)20/h2-7H,8-9H2,1H3,(H,19,20)(H2,15,16,17,21). The number of aromatic nitrogens is 2. The van der Waals surface area contributed by atoms with Crippen LogP contribution in [0.1, 0.15) is 11.1 Å². The number of nitrogens with zero attached hydrogens (tertiary/aromatic N) is 2. The summed E-state index contributed by atoms with van der Waals surface area (Å²) in [5.74, 6) is -0.450. The predicted molar refractivity (Wildman–Crippen MR) is 76.8 cm³/mol. The Hall–Kier alpha value is -2.83. The fraction of sp³-hybridized carbons (Fsp3) is 0.214. The highest BCUT2D eigenvalue weighted by Gasteiger charge is 2.08. The van der Waals surface area contributed by atoms with Crippen molar-refractivity contribution < 1.29 is 14.7 Å². The Balaban J connectivity index is 1.93. The van der Waals surface area contributed by atoms with Gasteiger partial charge < -0.3 is 10.4 Å². The van der Waals surface area contributed by atoms with Crippen molar-refractivity contribution in [2.24, 2.45) is 7.05 Å². The Labute approximate surface area is 121 Å². The molecule has 0 aliphatic carbocycles. The lowest BCUT2D eigenvalue weighted by Gasteiger charge is -2.09. The number of hydrogen-bond acceptors (Lipinski definition) is 3. The summed E-state index contributed by atoms with van der Waals surface area (Å²) in [5.41, 5.74) is 1.46. The van der Waals surface area contributed by atoms with Crippen molar-refractivity contribution >= 4 is 17.8 Å². The SMILES string of the molecule is Cn1ccc(NC(=O)NCc2ccccc2CC(=O)O)n1. The average Bonchev–Trinajstić information content (AvgIpc) is 2.82. The maximum absolute atomic E-state index is 11.7. The summed E-state index contributed by atoms with van der Waals surface area (Å²) < 4.78 is 1.58. The van der Waals surface area contributed by atoms with E-state index in [1.807, 2.05) is 0 Å². The monoisotopic (exact) mass is 288 g/mol. The van der Waals surface area contributed by atoms with E-state index >= 15 is 0 Å². The van der Waals surface area contributed by atoms with Gasteiger partial charge in [-0.2, -0.15) is 5.10 Å². The number of rotatable bonds is 5. The van der Waals surface area contributed by atoms with Gasteiger partial charge in [0.05, 0.1) is 6.42 Å². The second-order valence-electron chi connectivity index (χ2n) is 4.52. The van der Waals surface area contributed by atoms with Crippen LogP contribution in [0.15, 0.2) is 36.5 Å². The Morgan fingerprint density at radius 2 is 1.95 bits per heavy atom. The maximum atomic E-state index is 11.7. The van der Waals surface area contributed by atoms with Gasteiger partial charge in [-0.3, -0.25) is 14.8 Å². The van der Waals surface area contributed by atoms with Gasteiger partial charge in [-0.1, -0.05) is 24.3 Å². The Morgan fingerprint density at radius 1 is 1.24 bits per heavy atom. The molecule has 2 amide bonds. The van der Waals surface area contributed by atoms with Gasteiger partial charge in [-0.05, 0) is 11.1 Å². The molecule has 0 spiro atoms. The van der Waals surface area contributed by atoms with Crippen LogP contribution >= 0.6 is 0 Å². The Bertz CT molecular complexity index is 651. The first kappa shape index (κ1) is 14.6. The Morgan fingerprint density at radius 3 is 2.57 bits per heavy atom. The van der Waals surface area contributed by atoms with E-state index < -0.39 is 5.97 Å². The molecule has 2 aromatic rings. The molecule has 1 aromatic carbocycles. The summed E-state index contributed by atoms with van der Waals surface area (Å²) in [5, 5.41) is 18.2. The highest BCUT2D eigenvalue weighted by Crippen LogP contribution is 2.09. The number of benzene rings is 1. The molecule has 0 radical (unpaired) electrons. The van der Waals surface area contributed by atoms with E-state index in [1.54, 1.807) is 48.3 Å². The number of carbonyl (C=O) groups is 2. The van der Waals surface area contributed by atoms with E-state index in [0.717, 1.165) is 5.56 Å². The molecule has 2 rings (SSSR count). The van der Waals surface area contributed by atoms with E-state index in [0.29, 0.717) is 11.4 Å². The van der Waals surface area contributed by atoms with Crippen LogP contribution in [0.3, 0.4) is 0 Å². The summed E-state index contributed by atoms with van der Waals surface area (Å²) in [7, 11) is 1.76. The molecule has 7 heteroatoms. The number of amides is 2. The van der Waals surface area contributed by atoms with Crippen molar-refractivity contribution in [2.45, 2.75) is 13.0 Å². The van der Waals surface area contributed by atoms with Gasteiger partial charge in [-0.15, -0.1) is 0 Å². The number of carboxylic acid groups (broad SMARTS) is 1. The zero-order valence-corrected chi connectivity index (χ0v) is 11.5. The van der Waals surface area contributed by atoms with E-state index in [2.05, 4.69) is 15.7 Å². The molecule has 0 aliphatic rings. The predicted octanol–water partition coefficient (Wildman–Crippen LogP) is 1.37. The summed E-state index contributed by atoms with van der Waals surface area (Å²) in [4.78, 5) is 22.5. The molecule has 0 fully saturated rings. The van der Waals surface area contributed by atoms with E-state index in [9.17, 15) is 9.59 Å². The van der Waals surface area contributed by atoms with Gasteiger partial charge in [0.1, 0.15) is 0 Å². The first-order valence-corrected chi connectivity index (χ1v) is 6.37. The second kappa shape index (κ2) is 6.56. The zero-order chi connectivity index (χ0) is 15.2. The van der Waals surface area contributed by atoms with Crippen LogP contribution in [0.2, 0.25) is 0 Å². The smallest absolute Gasteiger partial charge is 0.320 e. The molecule has 1 heterocycles. The fourth-order valence-electron chi connectivity index (χ4n) is 1.88. The molecular weight excluding hydrogens is 272 g/mol. The third-order valence-electron chi connectivity index (χ3n) is 2.85. The lowest BCUT2D eigenvalue weighted by atomic mass is 10.0. The van der Waals surface area contributed by atoms with Crippen molar-refractivity contribution in [3.05, 3.63) is 47.7 Å². The molecule has 0 saturated carbocycles. The number of carboxylic acids is 1. The van der Waals surface area contributed by atoms with Crippen molar-refractivity contribution in [1.82, 2.24) is 15.1 Å². The molecule has 1 aromatic heterocycles. The number of aryl methyl sites for hydroxylation is 1. The van der Waals surface area contributed by atoms with Crippen LogP contribution < -0.4 is 10.6 Å². The first-order chi connectivity index (χ1) is 10.0. The van der Waals surface area contributed by atoms with Crippen LogP contribution in [-0.4, -0.2) is 26.9 Å². The van der Waals surface area contributed by atoms with Gasteiger partial charge >= 0.3 is 12.0 Å². The minimum Gasteiger partial charge on any atom is -0.481 e. The molecule has 0 saturated heterocycles. The van der Waals surface area contributed by atoms with Gasteiger partial charge in [-0.25, -0.2) is 4.79 Å². The third kappa shape index (κ3) is 4.34. The molecule has 0 aliphatic heterocycles. The van der Waals surface area contributed by atoms with E-state index in [1.165, 1.54) is 0 Å². The molecule has 0 bridgehead atoms. The van der Waals surface area contributed by atoms with Crippen LogP contribution in [-0.2, 0) is 24.8 Å². The van der Waals surface area contributed by atoms with Crippen LogP contribution in [0, 0.1) is 0 Å².